The lowest BCUT2D eigenvalue weighted by Gasteiger charge is -2.61. The third-order valence-electron chi connectivity index (χ3n) is 12.6. The van der Waals surface area contributed by atoms with E-state index in [0.717, 1.165) is 23.7 Å². The van der Waals surface area contributed by atoms with E-state index in [1.807, 2.05) is 11.3 Å². The number of hydrogen-bond donors (Lipinski definition) is 0. The molecule has 0 N–H and O–H groups in total. The Hall–Kier alpha value is -4.66. The normalized spacial score (nSPS) is 24.8. The Morgan fingerprint density at radius 2 is 1.12 bits per heavy atom. The van der Waals surface area contributed by atoms with Crippen LogP contribution in [0, 0.1) is 23.7 Å². The van der Waals surface area contributed by atoms with E-state index in [1.165, 1.54) is 91.6 Å². The summed E-state index contributed by atoms with van der Waals surface area (Å²) in [5.41, 5.74) is 12.6. The highest BCUT2D eigenvalue weighted by atomic mass is 32.1. The van der Waals surface area contributed by atoms with Gasteiger partial charge < -0.3 is 4.90 Å². The number of hydrogen-bond acceptors (Lipinski definition) is 2. The van der Waals surface area contributed by atoms with Gasteiger partial charge in [0.15, 0.2) is 0 Å². The monoisotopic (exact) mass is 635 g/mol. The van der Waals surface area contributed by atoms with Crippen molar-refractivity contribution < 1.29 is 0 Å². The zero-order valence-electron chi connectivity index (χ0n) is 27.0. The van der Waals surface area contributed by atoms with Gasteiger partial charge in [-0.15, -0.1) is 11.3 Å². The molecule has 232 valence electrons. The average molecular weight is 636 g/mol. The molecule has 4 fully saturated rings. The highest BCUT2D eigenvalue weighted by Gasteiger charge is 2.61. The van der Waals surface area contributed by atoms with E-state index >= 15 is 0 Å². The third kappa shape index (κ3) is 3.73. The van der Waals surface area contributed by atoms with Gasteiger partial charge in [0.05, 0.1) is 0 Å². The predicted octanol–water partition coefficient (Wildman–Crippen LogP) is 12.9. The molecule has 1 heterocycles. The predicted molar refractivity (Wildman–Crippen MR) is 203 cm³/mol. The molecule has 0 unspecified atom stereocenters. The maximum Gasteiger partial charge on any atom is 0.0467 e. The van der Waals surface area contributed by atoms with Crippen molar-refractivity contribution in [2.45, 2.75) is 37.5 Å². The summed E-state index contributed by atoms with van der Waals surface area (Å²) in [5.74, 6) is 3.38. The molecule has 6 aromatic carbocycles. The Kier molecular flexibility index (Phi) is 5.79. The minimum absolute atomic E-state index is 0.149. The highest BCUT2D eigenvalue weighted by molar-refractivity contribution is 7.26. The smallest absolute Gasteiger partial charge is 0.0467 e. The van der Waals surface area contributed by atoms with Gasteiger partial charge in [-0.2, -0.15) is 0 Å². The number of para-hydroxylation sites is 1. The van der Waals surface area contributed by atoms with Crippen LogP contribution >= 0.6 is 11.3 Å². The van der Waals surface area contributed by atoms with Crippen LogP contribution in [-0.4, -0.2) is 0 Å². The molecule has 0 saturated heterocycles. The van der Waals surface area contributed by atoms with Gasteiger partial charge in [-0.1, -0.05) is 97.1 Å². The van der Waals surface area contributed by atoms with Gasteiger partial charge in [0.2, 0.25) is 0 Å². The summed E-state index contributed by atoms with van der Waals surface area (Å²) in [5, 5.41) is 2.69. The van der Waals surface area contributed by atoms with Gasteiger partial charge >= 0.3 is 0 Å². The fourth-order valence-electron chi connectivity index (χ4n) is 11.1. The second-order valence-corrected chi connectivity index (χ2v) is 16.0. The lowest BCUT2D eigenvalue weighted by Crippen LogP contribution is -2.55. The highest BCUT2D eigenvalue weighted by Crippen LogP contribution is 2.69. The zero-order chi connectivity index (χ0) is 31.4. The minimum atomic E-state index is 0.149. The molecule has 4 bridgehead atoms. The Morgan fingerprint density at radius 1 is 0.479 bits per heavy atom. The fraction of sp³-hybridized carbons (Fsp3) is 0.217. The SMILES string of the molecule is c1ccc(N(c2cccc(-c3cccc4c3sc3ccccc34)c2)c2ccc3c(c2)C2(c4ccccc4-3)C3CC4CC(C3)CC2C4)cc1. The lowest BCUT2D eigenvalue weighted by atomic mass is 9.43. The largest absolute Gasteiger partial charge is 0.310 e. The van der Waals surface area contributed by atoms with E-state index in [0.29, 0.717) is 0 Å². The van der Waals surface area contributed by atoms with Gasteiger partial charge in [-0.3, -0.25) is 0 Å². The van der Waals surface area contributed by atoms with E-state index < -0.39 is 0 Å². The standard InChI is InChI=1S/C46H37NS/c1-2-11-34(12-3-1)47(35-13-8-10-31(27-35)37-16-9-17-41-40-15-5-7-19-44(40)48-45(37)41)36-20-21-39-38-14-4-6-18-42(38)46(43(39)28-36)32-23-29-22-30(25-32)26-33(46)24-29/h1-21,27-30,32-33H,22-26H2. The van der Waals surface area contributed by atoms with Crippen molar-refractivity contribution in [2.75, 3.05) is 4.90 Å². The summed E-state index contributed by atoms with van der Waals surface area (Å²) in [7, 11) is 0. The van der Waals surface area contributed by atoms with Crippen molar-refractivity contribution >= 4 is 48.6 Å². The first kappa shape index (κ1) is 27.3. The summed E-state index contributed by atoms with van der Waals surface area (Å²) in [6.07, 6.45) is 7.08. The minimum Gasteiger partial charge on any atom is -0.310 e. The van der Waals surface area contributed by atoms with Crippen LogP contribution in [0.4, 0.5) is 17.1 Å². The van der Waals surface area contributed by atoms with Crippen molar-refractivity contribution in [1.82, 2.24) is 0 Å². The first-order valence-corrected chi connectivity index (χ1v) is 18.7. The fourth-order valence-corrected chi connectivity index (χ4v) is 12.3. The van der Waals surface area contributed by atoms with Crippen molar-refractivity contribution in [3.8, 4) is 22.3 Å². The topological polar surface area (TPSA) is 3.24 Å². The number of benzene rings is 6. The first-order chi connectivity index (χ1) is 23.8. The maximum absolute atomic E-state index is 2.62. The van der Waals surface area contributed by atoms with Crippen molar-refractivity contribution in [3.05, 3.63) is 151 Å². The third-order valence-corrected chi connectivity index (χ3v) is 13.8. The first-order valence-electron chi connectivity index (χ1n) is 17.9. The Morgan fingerprint density at radius 3 is 1.98 bits per heavy atom. The number of thiophene rings is 1. The molecule has 4 saturated carbocycles. The molecule has 0 radical (unpaired) electrons. The van der Waals surface area contributed by atoms with Crippen LogP contribution in [0.1, 0.15) is 43.2 Å². The van der Waals surface area contributed by atoms with Gasteiger partial charge in [-0.25, -0.2) is 0 Å². The second kappa shape index (κ2) is 10.2. The van der Waals surface area contributed by atoms with Crippen molar-refractivity contribution in [1.29, 1.82) is 0 Å². The quantitative estimate of drug-likeness (QED) is 0.186. The average Bonchev–Trinajstić information content (AvgIpc) is 3.65. The van der Waals surface area contributed by atoms with Crippen LogP contribution in [0.3, 0.4) is 0 Å². The maximum atomic E-state index is 2.62. The van der Waals surface area contributed by atoms with Crippen molar-refractivity contribution in [2.24, 2.45) is 23.7 Å². The van der Waals surface area contributed by atoms with Crippen LogP contribution in [0.15, 0.2) is 140 Å². The van der Waals surface area contributed by atoms with Gasteiger partial charge in [0.25, 0.3) is 0 Å². The Balaban J connectivity index is 1.09. The van der Waals surface area contributed by atoms with Gasteiger partial charge in [0, 0.05) is 42.6 Å². The second-order valence-electron chi connectivity index (χ2n) is 15.0. The Bertz CT molecular complexity index is 2350. The molecule has 0 atom stereocenters. The van der Waals surface area contributed by atoms with Crippen LogP contribution in [-0.2, 0) is 5.41 Å². The van der Waals surface area contributed by atoms with E-state index in [9.17, 15) is 0 Å². The molecule has 1 nitrogen and oxygen atoms in total. The van der Waals surface area contributed by atoms with Crippen LogP contribution < -0.4 is 4.90 Å². The molecular weight excluding hydrogens is 599 g/mol. The summed E-state index contributed by atoms with van der Waals surface area (Å²) in [4.78, 5) is 2.50. The molecule has 48 heavy (non-hydrogen) atoms. The van der Waals surface area contributed by atoms with Crippen molar-refractivity contribution in [3.63, 3.8) is 0 Å². The molecule has 1 spiro atoms. The number of fused-ring (bicyclic) bond motifs is 6. The van der Waals surface area contributed by atoms with E-state index in [4.69, 9.17) is 0 Å². The van der Waals surface area contributed by atoms with E-state index in [1.54, 1.807) is 11.1 Å². The van der Waals surface area contributed by atoms with E-state index in [-0.39, 0.29) is 5.41 Å². The van der Waals surface area contributed by atoms with Crippen LogP contribution in [0.5, 0.6) is 0 Å². The van der Waals surface area contributed by atoms with Crippen LogP contribution in [0.2, 0.25) is 0 Å². The van der Waals surface area contributed by atoms with Crippen LogP contribution in [0.25, 0.3) is 42.4 Å². The molecule has 7 aromatic rings. The molecule has 12 rings (SSSR count). The van der Waals surface area contributed by atoms with Gasteiger partial charge in [-0.05, 0) is 132 Å². The molecule has 5 aliphatic rings. The Labute approximate surface area is 286 Å². The lowest BCUT2D eigenvalue weighted by molar-refractivity contribution is -0.0399. The van der Waals surface area contributed by atoms with Gasteiger partial charge in [0.1, 0.15) is 0 Å². The number of rotatable bonds is 4. The number of nitrogens with zero attached hydrogens (tertiary/aromatic N) is 1. The summed E-state index contributed by atoms with van der Waals surface area (Å²) < 4.78 is 2.71. The molecule has 1 aromatic heterocycles. The zero-order valence-corrected chi connectivity index (χ0v) is 27.8. The molecule has 0 amide bonds. The molecular formula is C46H37NS. The molecule has 2 heteroatoms. The summed E-state index contributed by atoms with van der Waals surface area (Å²) in [6, 6.07) is 52.8. The van der Waals surface area contributed by atoms with E-state index in [2.05, 4.69) is 144 Å². The molecule has 0 aliphatic heterocycles. The molecule has 5 aliphatic carbocycles. The summed E-state index contributed by atoms with van der Waals surface area (Å²) >= 11 is 1.91. The summed E-state index contributed by atoms with van der Waals surface area (Å²) in [6.45, 7) is 0. The number of anilines is 3.